The largest absolute Gasteiger partial charge is 0.467 e. The summed E-state index contributed by atoms with van der Waals surface area (Å²) >= 11 is 0. The highest BCUT2D eigenvalue weighted by Crippen LogP contribution is 2.33. The summed E-state index contributed by atoms with van der Waals surface area (Å²) in [5.41, 5.74) is 3.34. The summed E-state index contributed by atoms with van der Waals surface area (Å²) in [5.74, 6) is 0.873. The molecule has 1 amide bonds. The molecule has 0 radical (unpaired) electrons. The number of anilines is 1. The number of carbonyl (C=O) groups excluding carboxylic acids is 1. The van der Waals surface area contributed by atoms with E-state index >= 15 is 0 Å². The number of hydrogen-bond acceptors (Lipinski definition) is 4. The fourth-order valence-corrected chi connectivity index (χ4v) is 4.22. The zero-order chi connectivity index (χ0) is 18.1. The van der Waals surface area contributed by atoms with Gasteiger partial charge in [0.25, 0.3) is 5.91 Å². The number of para-hydroxylation sites is 1. The van der Waals surface area contributed by atoms with E-state index in [0.29, 0.717) is 24.2 Å². The van der Waals surface area contributed by atoms with Gasteiger partial charge >= 0.3 is 0 Å². The summed E-state index contributed by atoms with van der Waals surface area (Å²) in [6.07, 6.45) is 4.70. The molecule has 1 N–H and O–H groups in total. The van der Waals surface area contributed by atoms with E-state index in [4.69, 9.17) is 4.42 Å². The Balaban J connectivity index is 1.50. The maximum absolute atomic E-state index is 13.0. The van der Waals surface area contributed by atoms with Crippen LogP contribution in [0.5, 0.6) is 0 Å². The van der Waals surface area contributed by atoms with Crippen molar-refractivity contribution in [3.63, 3.8) is 0 Å². The Morgan fingerprint density at radius 3 is 2.77 bits per heavy atom. The number of nitrogens with one attached hydrogen (secondary N) is 1. The summed E-state index contributed by atoms with van der Waals surface area (Å²) in [7, 11) is 1.99. The summed E-state index contributed by atoms with van der Waals surface area (Å²) in [4.78, 5) is 17.3. The summed E-state index contributed by atoms with van der Waals surface area (Å²) in [6.45, 7) is 4.47. The first kappa shape index (κ1) is 17.2. The normalized spacial score (nSPS) is 20.5. The Bertz CT molecular complexity index is 777. The Morgan fingerprint density at radius 2 is 2.00 bits per heavy atom. The minimum Gasteiger partial charge on any atom is -0.467 e. The third-order valence-electron chi connectivity index (χ3n) is 5.83. The molecule has 0 spiro atoms. The second-order valence-electron chi connectivity index (χ2n) is 7.42. The van der Waals surface area contributed by atoms with Crippen molar-refractivity contribution in [2.45, 2.75) is 44.8 Å². The average Bonchev–Trinajstić information content (AvgIpc) is 3.26. The van der Waals surface area contributed by atoms with Crippen LogP contribution in [0.1, 0.15) is 41.4 Å². The minimum absolute atomic E-state index is 0.100. The van der Waals surface area contributed by atoms with Crippen LogP contribution in [0.3, 0.4) is 0 Å². The first-order valence-corrected chi connectivity index (χ1v) is 9.55. The van der Waals surface area contributed by atoms with E-state index in [1.54, 1.807) is 6.26 Å². The summed E-state index contributed by atoms with van der Waals surface area (Å²) in [5, 5.41) is 3.31. The maximum Gasteiger partial charge on any atom is 0.257 e. The highest BCUT2D eigenvalue weighted by atomic mass is 16.3. The molecule has 26 heavy (non-hydrogen) atoms. The number of amides is 1. The monoisotopic (exact) mass is 353 g/mol. The lowest BCUT2D eigenvalue weighted by molar-refractivity contribution is 0.0705. The van der Waals surface area contributed by atoms with Gasteiger partial charge in [-0.05, 0) is 50.9 Å². The third kappa shape index (κ3) is 3.12. The predicted molar refractivity (Wildman–Crippen MR) is 102 cm³/mol. The highest BCUT2D eigenvalue weighted by molar-refractivity contribution is 5.95. The van der Waals surface area contributed by atoms with Gasteiger partial charge in [-0.2, -0.15) is 0 Å². The molecule has 5 heteroatoms. The number of rotatable bonds is 4. The molecule has 1 saturated heterocycles. The van der Waals surface area contributed by atoms with Gasteiger partial charge in [0.2, 0.25) is 0 Å². The zero-order valence-corrected chi connectivity index (χ0v) is 15.6. The summed E-state index contributed by atoms with van der Waals surface area (Å²) in [6, 6.07) is 11.3. The Labute approximate surface area is 155 Å². The third-order valence-corrected chi connectivity index (χ3v) is 5.83. The van der Waals surface area contributed by atoms with Crippen LogP contribution in [-0.2, 0) is 13.0 Å². The van der Waals surface area contributed by atoms with Crippen molar-refractivity contribution in [2.24, 2.45) is 0 Å². The standard InChI is InChI=1S/C21H27N3O2/c1-15-13-16-5-3-4-6-19(16)24(15)14-20-18(9-12-26-20)21(25)23-10-7-17(22-2)8-11-23/h3-6,9,12,15,17,22H,7-8,10-11,13-14H2,1-2H3. The molecular formula is C21H27N3O2. The SMILES string of the molecule is CNC1CCN(C(=O)c2ccoc2CN2c3ccccc3CC2C)CC1. The molecule has 4 rings (SSSR count). The number of benzene rings is 1. The van der Waals surface area contributed by atoms with Gasteiger partial charge in [0.05, 0.1) is 18.4 Å². The Kier molecular flexibility index (Phi) is 4.72. The number of hydrogen-bond donors (Lipinski definition) is 1. The van der Waals surface area contributed by atoms with Gasteiger partial charge in [-0.15, -0.1) is 0 Å². The van der Waals surface area contributed by atoms with E-state index in [1.165, 1.54) is 11.3 Å². The molecule has 2 aliphatic rings. The molecule has 1 unspecified atom stereocenters. The molecule has 1 aromatic carbocycles. The van der Waals surface area contributed by atoms with E-state index in [9.17, 15) is 4.79 Å². The van der Waals surface area contributed by atoms with Gasteiger partial charge in [-0.1, -0.05) is 18.2 Å². The van der Waals surface area contributed by atoms with Crippen LogP contribution < -0.4 is 10.2 Å². The van der Waals surface area contributed by atoms with Crippen molar-refractivity contribution in [2.75, 3.05) is 25.0 Å². The van der Waals surface area contributed by atoms with Crippen LogP contribution in [0.4, 0.5) is 5.69 Å². The number of piperidine rings is 1. The van der Waals surface area contributed by atoms with Gasteiger partial charge in [-0.3, -0.25) is 4.79 Å². The van der Waals surface area contributed by atoms with Crippen LogP contribution in [0, 0.1) is 0 Å². The summed E-state index contributed by atoms with van der Waals surface area (Å²) < 4.78 is 5.74. The van der Waals surface area contributed by atoms with E-state index < -0.39 is 0 Å². The van der Waals surface area contributed by atoms with Gasteiger partial charge in [0.15, 0.2) is 0 Å². The van der Waals surface area contributed by atoms with E-state index in [1.807, 2.05) is 18.0 Å². The number of carbonyl (C=O) groups is 1. The molecule has 1 atom stereocenters. The highest BCUT2D eigenvalue weighted by Gasteiger charge is 2.30. The minimum atomic E-state index is 0.100. The molecule has 0 aliphatic carbocycles. The fourth-order valence-electron chi connectivity index (χ4n) is 4.22. The molecule has 3 heterocycles. The molecule has 0 saturated carbocycles. The van der Waals surface area contributed by atoms with Crippen LogP contribution in [0.15, 0.2) is 41.0 Å². The smallest absolute Gasteiger partial charge is 0.257 e. The van der Waals surface area contributed by atoms with Crippen LogP contribution >= 0.6 is 0 Å². The van der Waals surface area contributed by atoms with Crippen molar-refractivity contribution in [1.82, 2.24) is 10.2 Å². The molecule has 2 aliphatic heterocycles. The number of fused-ring (bicyclic) bond motifs is 1. The molecule has 5 nitrogen and oxygen atoms in total. The number of nitrogens with zero attached hydrogens (tertiary/aromatic N) is 2. The molecule has 1 aromatic heterocycles. The van der Waals surface area contributed by atoms with Gasteiger partial charge in [0, 0.05) is 30.9 Å². The fraction of sp³-hybridized carbons (Fsp3) is 0.476. The molecule has 1 fully saturated rings. The van der Waals surface area contributed by atoms with Gasteiger partial charge in [0.1, 0.15) is 5.76 Å². The Morgan fingerprint density at radius 1 is 1.23 bits per heavy atom. The van der Waals surface area contributed by atoms with Crippen molar-refractivity contribution in [3.8, 4) is 0 Å². The average molecular weight is 353 g/mol. The van der Waals surface area contributed by atoms with E-state index in [-0.39, 0.29) is 5.91 Å². The van der Waals surface area contributed by atoms with Crippen molar-refractivity contribution < 1.29 is 9.21 Å². The zero-order valence-electron chi connectivity index (χ0n) is 15.6. The number of likely N-dealkylation sites (tertiary alicyclic amines) is 1. The predicted octanol–water partition coefficient (Wildman–Crippen LogP) is 3.05. The second kappa shape index (κ2) is 7.16. The van der Waals surface area contributed by atoms with Crippen molar-refractivity contribution in [3.05, 3.63) is 53.5 Å². The van der Waals surface area contributed by atoms with Crippen LogP contribution in [-0.4, -0.2) is 43.0 Å². The molecular weight excluding hydrogens is 326 g/mol. The van der Waals surface area contributed by atoms with E-state index in [2.05, 4.69) is 41.4 Å². The first-order chi connectivity index (χ1) is 12.7. The van der Waals surface area contributed by atoms with Crippen LogP contribution in [0.25, 0.3) is 0 Å². The lowest BCUT2D eigenvalue weighted by Gasteiger charge is -2.32. The molecule has 2 aromatic rings. The lowest BCUT2D eigenvalue weighted by atomic mass is 10.0. The van der Waals surface area contributed by atoms with Gasteiger partial charge in [-0.25, -0.2) is 0 Å². The molecule has 138 valence electrons. The maximum atomic E-state index is 13.0. The number of furan rings is 1. The quantitative estimate of drug-likeness (QED) is 0.918. The van der Waals surface area contributed by atoms with Gasteiger partial charge < -0.3 is 19.5 Å². The van der Waals surface area contributed by atoms with Crippen molar-refractivity contribution >= 4 is 11.6 Å². The Hall–Kier alpha value is -2.27. The lowest BCUT2D eigenvalue weighted by Crippen LogP contribution is -2.44. The first-order valence-electron chi connectivity index (χ1n) is 9.55. The topological polar surface area (TPSA) is 48.7 Å². The second-order valence-corrected chi connectivity index (χ2v) is 7.42. The van der Waals surface area contributed by atoms with Crippen molar-refractivity contribution in [1.29, 1.82) is 0 Å². The van der Waals surface area contributed by atoms with Crippen LogP contribution in [0.2, 0.25) is 0 Å². The molecule has 0 bridgehead atoms. The van der Waals surface area contributed by atoms with E-state index in [0.717, 1.165) is 38.1 Å².